The molecule has 0 aliphatic heterocycles. The first-order chi connectivity index (χ1) is 13.5. The third kappa shape index (κ3) is 4.82. The lowest BCUT2D eigenvalue weighted by Crippen LogP contribution is -2.14. The molecule has 7 heteroatoms. The summed E-state index contributed by atoms with van der Waals surface area (Å²) in [6, 6.07) is 19.1. The summed E-state index contributed by atoms with van der Waals surface area (Å²) in [6.45, 7) is 0. The van der Waals surface area contributed by atoms with E-state index >= 15 is 0 Å². The van der Waals surface area contributed by atoms with Gasteiger partial charge < -0.3 is 15.4 Å². The first kappa shape index (κ1) is 20.2. The Hall–Kier alpha value is -2.58. The predicted molar refractivity (Wildman–Crippen MR) is 120 cm³/mol. The predicted octanol–water partition coefficient (Wildman–Crippen LogP) is 5.46. The van der Waals surface area contributed by atoms with Crippen LogP contribution in [0.4, 0.5) is 11.4 Å². The lowest BCUT2D eigenvalue weighted by Gasteiger charge is -2.13. The van der Waals surface area contributed by atoms with Crippen LogP contribution in [0.3, 0.4) is 0 Å². The molecule has 2 amide bonds. The topological polar surface area (TPSA) is 67.4 Å². The molecule has 5 nitrogen and oxygen atoms in total. The fourth-order valence-corrected chi connectivity index (χ4v) is 3.30. The van der Waals surface area contributed by atoms with Gasteiger partial charge in [-0.25, -0.2) is 0 Å². The highest BCUT2D eigenvalue weighted by atomic mass is 127. The van der Waals surface area contributed by atoms with Gasteiger partial charge in [-0.05, 0) is 65.1 Å². The van der Waals surface area contributed by atoms with Gasteiger partial charge in [-0.2, -0.15) is 0 Å². The number of halogens is 2. The van der Waals surface area contributed by atoms with Gasteiger partial charge in [0.25, 0.3) is 11.8 Å². The van der Waals surface area contributed by atoms with Crippen LogP contribution < -0.4 is 15.4 Å². The van der Waals surface area contributed by atoms with Gasteiger partial charge in [0.15, 0.2) is 0 Å². The van der Waals surface area contributed by atoms with Crippen molar-refractivity contribution in [3.63, 3.8) is 0 Å². The van der Waals surface area contributed by atoms with Crippen LogP contribution in [-0.2, 0) is 0 Å². The highest BCUT2D eigenvalue weighted by molar-refractivity contribution is 14.1. The van der Waals surface area contributed by atoms with Crippen LogP contribution in [0.1, 0.15) is 20.7 Å². The molecule has 3 aromatic rings. The summed E-state index contributed by atoms with van der Waals surface area (Å²) in [5, 5.41) is 5.96. The van der Waals surface area contributed by atoms with Gasteiger partial charge in [0.05, 0.1) is 23.4 Å². The zero-order valence-corrected chi connectivity index (χ0v) is 17.7. The smallest absolute Gasteiger partial charge is 0.257 e. The molecule has 0 heterocycles. The fraction of sp³-hybridized carbons (Fsp3) is 0.0476. The third-order valence-corrected chi connectivity index (χ3v) is 4.91. The van der Waals surface area contributed by atoms with Crippen LogP contribution in [-0.4, -0.2) is 18.9 Å². The van der Waals surface area contributed by atoms with Crippen molar-refractivity contribution in [2.24, 2.45) is 0 Å². The number of ether oxygens (including phenoxy) is 1. The SMILES string of the molecule is COc1cc(NC(=O)c2cccc(I)c2)ccc1NC(=O)c1ccccc1Cl. The quantitative estimate of drug-likeness (QED) is 0.452. The van der Waals surface area contributed by atoms with Crippen molar-refractivity contribution in [1.29, 1.82) is 0 Å². The maximum Gasteiger partial charge on any atom is 0.257 e. The Morgan fingerprint density at radius 1 is 0.929 bits per heavy atom. The zero-order valence-electron chi connectivity index (χ0n) is 14.8. The second-order valence-corrected chi connectivity index (χ2v) is 7.47. The number of methoxy groups -OCH3 is 1. The lowest BCUT2D eigenvalue weighted by atomic mass is 10.2. The number of nitrogens with one attached hydrogen (secondary N) is 2. The molecular weight excluding hydrogens is 491 g/mol. The maximum atomic E-state index is 12.5. The minimum Gasteiger partial charge on any atom is -0.494 e. The number of hydrogen-bond acceptors (Lipinski definition) is 3. The number of carbonyl (C=O) groups is 2. The van der Waals surface area contributed by atoms with E-state index in [4.69, 9.17) is 16.3 Å². The van der Waals surface area contributed by atoms with E-state index in [1.54, 1.807) is 54.6 Å². The van der Waals surface area contributed by atoms with Gasteiger partial charge in [-0.15, -0.1) is 0 Å². The summed E-state index contributed by atoms with van der Waals surface area (Å²) < 4.78 is 6.33. The summed E-state index contributed by atoms with van der Waals surface area (Å²) in [6.07, 6.45) is 0. The van der Waals surface area contributed by atoms with Crippen molar-refractivity contribution in [2.45, 2.75) is 0 Å². The van der Waals surface area contributed by atoms with Crippen molar-refractivity contribution >= 4 is 57.4 Å². The summed E-state index contributed by atoms with van der Waals surface area (Å²) in [7, 11) is 1.49. The molecule has 28 heavy (non-hydrogen) atoms. The Morgan fingerprint density at radius 3 is 2.43 bits per heavy atom. The van der Waals surface area contributed by atoms with Crippen molar-refractivity contribution in [3.05, 3.63) is 86.4 Å². The molecule has 0 radical (unpaired) electrons. The second-order valence-electron chi connectivity index (χ2n) is 5.81. The van der Waals surface area contributed by atoms with Crippen LogP contribution >= 0.6 is 34.2 Å². The molecule has 0 fully saturated rings. The van der Waals surface area contributed by atoms with Crippen molar-refractivity contribution in [3.8, 4) is 5.75 Å². The minimum absolute atomic E-state index is 0.228. The van der Waals surface area contributed by atoms with E-state index in [1.165, 1.54) is 7.11 Å². The molecule has 2 N–H and O–H groups in total. The minimum atomic E-state index is -0.348. The second kappa shape index (κ2) is 9.07. The van der Waals surface area contributed by atoms with E-state index in [-0.39, 0.29) is 11.8 Å². The number of benzene rings is 3. The van der Waals surface area contributed by atoms with Crippen LogP contribution in [0, 0.1) is 3.57 Å². The van der Waals surface area contributed by atoms with E-state index < -0.39 is 0 Å². The maximum absolute atomic E-state index is 12.5. The first-order valence-electron chi connectivity index (χ1n) is 8.29. The Bertz CT molecular complexity index is 1040. The van der Waals surface area contributed by atoms with Gasteiger partial charge >= 0.3 is 0 Å². The highest BCUT2D eigenvalue weighted by Gasteiger charge is 2.14. The fourth-order valence-electron chi connectivity index (χ4n) is 2.54. The van der Waals surface area contributed by atoms with E-state index in [2.05, 4.69) is 33.2 Å². The molecule has 3 aromatic carbocycles. The van der Waals surface area contributed by atoms with Gasteiger partial charge in [-0.3, -0.25) is 9.59 Å². The van der Waals surface area contributed by atoms with E-state index in [1.807, 2.05) is 12.1 Å². The molecule has 0 spiro atoms. The monoisotopic (exact) mass is 506 g/mol. The molecule has 0 saturated carbocycles. The highest BCUT2D eigenvalue weighted by Crippen LogP contribution is 2.29. The Balaban J connectivity index is 1.78. The van der Waals surface area contributed by atoms with Gasteiger partial charge in [0, 0.05) is 20.9 Å². The normalized spacial score (nSPS) is 10.2. The Labute approximate surface area is 181 Å². The van der Waals surface area contributed by atoms with Gasteiger partial charge in [0.1, 0.15) is 5.75 Å². The molecular formula is C21H16ClIN2O3. The molecule has 0 aliphatic carbocycles. The van der Waals surface area contributed by atoms with Crippen molar-refractivity contribution in [2.75, 3.05) is 17.7 Å². The molecule has 142 valence electrons. The molecule has 3 rings (SSSR count). The third-order valence-electron chi connectivity index (χ3n) is 3.91. The van der Waals surface area contributed by atoms with Crippen molar-refractivity contribution in [1.82, 2.24) is 0 Å². The summed E-state index contributed by atoms with van der Waals surface area (Å²) in [4.78, 5) is 24.9. The Kier molecular flexibility index (Phi) is 6.53. The van der Waals surface area contributed by atoms with Crippen LogP contribution in [0.2, 0.25) is 5.02 Å². The molecule has 0 saturated heterocycles. The van der Waals surface area contributed by atoms with Crippen LogP contribution in [0.25, 0.3) is 0 Å². The lowest BCUT2D eigenvalue weighted by molar-refractivity contribution is 0.101. The summed E-state index contributed by atoms with van der Waals surface area (Å²) in [5.41, 5.74) is 1.94. The summed E-state index contributed by atoms with van der Waals surface area (Å²) in [5.74, 6) is -0.159. The molecule has 0 aromatic heterocycles. The molecule has 0 atom stereocenters. The van der Waals surface area contributed by atoms with Crippen LogP contribution in [0.5, 0.6) is 5.75 Å². The van der Waals surface area contributed by atoms with E-state index in [9.17, 15) is 9.59 Å². The number of anilines is 2. The van der Waals surface area contributed by atoms with Gasteiger partial charge in [0.2, 0.25) is 0 Å². The largest absolute Gasteiger partial charge is 0.494 e. The number of rotatable bonds is 5. The zero-order chi connectivity index (χ0) is 20.1. The molecule has 0 aliphatic rings. The number of amides is 2. The Morgan fingerprint density at radius 2 is 1.71 bits per heavy atom. The van der Waals surface area contributed by atoms with E-state index in [0.717, 1.165) is 3.57 Å². The standard InChI is InChI=1S/C21H16ClIN2O3/c1-28-19-12-15(24-20(26)13-5-4-6-14(23)11-13)9-10-18(19)25-21(27)16-7-2-3-8-17(16)22/h2-12H,1H3,(H,24,26)(H,25,27). The number of hydrogen-bond donors (Lipinski definition) is 2. The first-order valence-corrected chi connectivity index (χ1v) is 9.74. The average molecular weight is 507 g/mol. The van der Waals surface area contributed by atoms with Gasteiger partial charge in [-0.1, -0.05) is 29.8 Å². The summed E-state index contributed by atoms with van der Waals surface area (Å²) >= 11 is 8.22. The van der Waals surface area contributed by atoms with Crippen LogP contribution in [0.15, 0.2) is 66.7 Å². The molecule has 0 unspecified atom stereocenters. The van der Waals surface area contributed by atoms with E-state index in [0.29, 0.717) is 33.3 Å². The molecule has 0 bridgehead atoms. The number of carbonyl (C=O) groups excluding carboxylic acids is 2. The van der Waals surface area contributed by atoms with Crippen molar-refractivity contribution < 1.29 is 14.3 Å². The average Bonchev–Trinajstić information content (AvgIpc) is 2.69.